The van der Waals surface area contributed by atoms with Gasteiger partial charge in [0.25, 0.3) is 0 Å². The zero-order chi connectivity index (χ0) is 16.3. The number of methoxy groups -OCH3 is 2. The highest BCUT2D eigenvalue weighted by Gasteiger charge is 2.22. The average molecular weight is 302 g/mol. The van der Waals surface area contributed by atoms with Gasteiger partial charge in [0, 0.05) is 12.0 Å². The van der Waals surface area contributed by atoms with Gasteiger partial charge in [0.2, 0.25) is 0 Å². The van der Waals surface area contributed by atoms with E-state index in [9.17, 15) is 15.0 Å². The van der Waals surface area contributed by atoms with Crippen LogP contribution >= 0.6 is 0 Å². The molecule has 0 spiro atoms. The summed E-state index contributed by atoms with van der Waals surface area (Å²) in [5.41, 5.74) is 2.18. The van der Waals surface area contributed by atoms with Gasteiger partial charge >= 0.3 is 5.97 Å². The van der Waals surface area contributed by atoms with Crippen LogP contribution in [0.15, 0.2) is 30.3 Å². The Morgan fingerprint density at radius 2 is 1.86 bits per heavy atom. The van der Waals surface area contributed by atoms with Crippen LogP contribution in [-0.4, -0.2) is 30.4 Å². The van der Waals surface area contributed by atoms with Gasteiger partial charge in [-0.15, -0.1) is 0 Å². The Balaban J connectivity index is 2.58. The summed E-state index contributed by atoms with van der Waals surface area (Å²) in [6, 6.07) is 8.55. The van der Waals surface area contributed by atoms with E-state index in [1.807, 2.05) is 13.0 Å². The van der Waals surface area contributed by atoms with E-state index in [1.165, 1.54) is 14.2 Å². The molecule has 0 aromatic heterocycles. The van der Waals surface area contributed by atoms with Crippen LogP contribution in [0.5, 0.6) is 17.2 Å². The number of hydrogen-bond acceptors (Lipinski definition) is 4. The molecule has 0 radical (unpaired) electrons. The van der Waals surface area contributed by atoms with E-state index in [0.29, 0.717) is 23.3 Å². The Labute approximate surface area is 128 Å². The van der Waals surface area contributed by atoms with Crippen molar-refractivity contribution in [2.24, 2.45) is 0 Å². The normalized spacial score (nSPS) is 10.3. The van der Waals surface area contributed by atoms with E-state index < -0.39 is 5.97 Å². The maximum absolute atomic E-state index is 11.6. The van der Waals surface area contributed by atoms with Gasteiger partial charge < -0.3 is 19.7 Å². The molecule has 2 N–H and O–H groups in total. The zero-order valence-electron chi connectivity index (χ0n) is 12.7. The first-order valence-corrected chi connectivity index (χ1v) is 6.74. The lowest BCUT2D eigenvalue weighted by atomic mass is 9.95. The van der Waals surface area contributed by atoms with Gasteiger partial charge in [0.05, 0.1) is 14.2 Å². The molecule has 0 amide bonds. The Morgan fingerprint density at radius 1 is 1.14 bits per heavy atom. The molecule has 2 aromatic carbocycles. The van der Waals surface area contributed by atoms with Crippen LogP contribution in [0.1, 0.15) is 27.0 Å². The van der Waals surface area contributed by atoms with Crippen LogP contribution in [0.25, 0.3) is 0 Å². The fourth-order valence-corrected chi connectivity index (χ4v) is 2.46. The molecule has 0 aliphatic carbocycles. The Hall–Kier alpha value is -2.69. The number of aromatic carboxylic acids is 1. The van der Waals surface area contributed by atoms with Crippen molar-refractivity contribution in [2.75, 3.05) is 14.2 Å². The van der Waals surface area contributed by atoms with Gasteiger partial charge in [0.15, 0.2) is 11.5 Å². The second-order valence-corrected chi connectivity index (χ2v) is 4.89. The topological polar surface area (TPSA) is 76.0 Å². The van der Waals surface area contributed by atoms with E-state index in [2.05, 4.69) is 0 Å². The number of aryl methyl sites for hydroxylation is 1. The predicted molar refractivity (Wildman–Crippen MR) is 82.2 cm³/mol. The molecule has 5 heteroatoms. The number of carboxylic acid groups (broad SMARTS) is 1. The molecule has 22 heavy (non-hydrogen) atoms. The highest BCUT2D eigenvalue weighted by Crippen LogP contribution is 2.35. The monoisotopic (exact) mass is 302 g/mol. The average Bonchev–Trinajstić information content (AvgIpc) is 2.49. The highest BCUT2D eigenvalue weighted by molar-refractivity contribution is 5.94. The molecular weight excluding hydrogens is 284 g/mol. The van der Waals surface area contributed by atoms with E-state index in [-0.39, 0.29) is 17.1 Å². The van der Waals surface area contributed by atoms with Gasteiger partial charge in [-0.1, -0.05) is 18.2 Å². The number of hydrogen-bond donors (Lipinski definition) is 2. The fourth-order valence-electron chi connectivity index (χ4n) is 2.46. The van der Waals surface area contributed by atoms with Crippen molar-refractivity contribution in [3.63, 3.8) is 0 Å². The number of ether oxygens (including phenoxy) is 2. The summed E-state index contributed by atoms with van der Waals surface area (Å²) >= 11 is 0. The molecule has 0 heterocycles. The first-order chi connectivity index (χ1) is 10.5. The Morgan fingerprint density at radius 3 is 2.41 bits per heavy atom. The number of phenols is 1. The van der Waals surface area contributed by atoms with Gasteiger partial charge in [0.1, 0.15) is 11.3 Å². The van der Waals surface area contributed by atoms with Crippen molar-refractivity contribution in [3.8, 4) is 17.2 Å². The second-order valence-electron chi connectivity index (χ2n) is 4.89. The number of carboxylic acids is 1. The van der Waals surface area contributed by atoms with E-state index in [4.69, 9.17) is 9.47 Å². The van der Waals surface area contributed by atoms with E-state index >= 15 is 0 Å². The van der Waals surface area contributed by atoms with Crippen molar-refractivity contribution in [3.05, 3.63) is 52.6 Å². The van der Waals surface area contributed by atoms with Crippen LogP contribution < -0.4 is 9.47 Å². The minimum absolute atomic E-state index is 0.0458. The van der Waals surface area contributed by atoms with Gasteiger partial charge in [-0.3, -0.25) is 0 Å². The Bertz CT molecular complexity index is 686. The van der Waals surface area contributed by atoms with Crippen molar-refractivity contribution in [1.82, 2.24) is 0 Å². The summed E-state index contributed by atoms with van der Waals surface area (Å²) < 4.78 is 10.3. The lowest BCUT2D eigenvalue weighted by Crippen LogP contribution is -2.08. The molecule has 5 nitrogen and oxygen atoms in total. The number of aromatic hydroxyl groups is 1. The highest BCUT2D eigenvalue weighted by atomic mass is 16.5. The molecule has 0 saturated carbocycles. The fraction of sp³-hybridized carbons (Fsp3) is 0.235. The van der Waals surface area contributed by atoms with Crippen LogP contribution in [0.3, 0.4) is 0 Å². The quantitative estimate of drug-likeness (QED) is 0.888. The molecule has 0 saturated heterocycles. The lowest BCUT2D eigenvalue weighted by molar-refractivity contribution is 0.0691. The molecule has 2 rings (SSSR count). The number of phenolic OH excluding ortho intramolecular Hbond substituents is 1. The van der Waals surface area contributed by atoms with E-state index in [0.717, 1.165) is 5.56 Å². The summed E-state index contributed by atoms with van der Waals surface area (Å²) in [6.07, 6.45) is 0.292. The first kappa shape index (κ1) is 15.7. The van der Waals surface area contributed by atoms with Crippen LogP contribution in [-0.2, 0) is 6.42 Å². The molecular formula is C17H18O5. The molecule has 0 aliphatic heterocycles. The van der Waals surface area contributed by atoms with Gasteiger partial charge in [-0.05, 0) is 30.2 Å². The summed E-state index contributed by atoms with van der Waals surface area (Å²) in [5, 5.41) is 19.5. The molecule has 0 fully saturated rings. The SMILES string of the molecule is COc1ccc(Cc2c(C)cccc2O)c(C(=O)O)c1OC. The number of carbonyl (C=O) groups is 1. The van der Waals surface area contributed by atoms with Crippen LogP contribution in [0, 0.1) is 6.92 Å². The van der Waals surface area contributed by atoms with Crippen molar-refractivity contribution < 1.29 is 24.5 Å². The first-order valence-electron chi connectivity index (χ1n) is 6.74. The van der Waals surface area contributed by atoms with Crippen molar-refractivity contribution in [2.45, 2.75) is 13.3 Å². The minimum atomic E-state index is -1.10. The summed E-state index contributed by atoms with van der Waals surface area (Å²) in [4.78, 5) is 11.6. The second kappa shape index (κ2) is 6.39. The summed E-state index contributed by atoms with van der Waals surface area (Å²) in [5.74, 6) is -0.414. The molecule has 2 aromatic rings. The minimum Gasteiger partial charge on any atom is -0.508 e. The largest absolute Gasteiger partial charge is 0.508 e. The third-order valence-electron chi connectivity index (χ3n) is 3.60. The third-order valence-corrected chi connectivity index (χ3v) is 3.60. The van der Waals surface area contributed by atoms with Crippen molar-refractivity contribution in [1.29, 1.82) is 0 Å². The van der Waals surface area contributed by atoms with Crippen molar-refractivity contribution >= 4 is 5.97 Å². The Kier molecular flexibility index (Phi) is 4.56. The lowest BCUT2D eigenvalue weighted by Gasteiger charge is -2.15. The molecule has 0 atom stereocenters. The van der Waals surface area contributed by atoms with Crippen LogP contribution in [0.4, 0.5) is 0 Å². The molecule has 0 aliphatic rings. The predicted octanol–water partition coefficient (Wildman–Crippen LogP) is 3.01. The van der Waals surface area contributed by atoms with Gasteiger partial charge in [-0.2, -0.15) is 0 Å². The third kappa shape index (κ3) is 2.83. The smallest absolute Gasteiger partial charge is 0.339 e. The maximum atomic E-state index is 11.6. The maximum Gasteiger partial charge on any atom is 0.339 e. The standard InChI is InChI=1S/C17H18O5/c1-10-5-4-6-13(18)12(10)9-11-7-8-14(21-2)16(22-3)15(11)17(19)20/h4-8,18H,9H2,1-3H3,(H,19,20). The molecule has 116 valence electrons. The zero-order valence-corrected chi connectivity index (χ0v) is 12.7. The van der Waals surface area contributed by atoms with Gasteiger partial charge in [-0.25, -0.2) is 4.79 Å². The van der Waals surface area contributed by atoms with E-state index in [1.54, 1.807) is 24.3 Å². The van der Waals surface area contributed by atoms with Crippen LogP contribution in [0.2, 0.25) is 0 Å². The number of benzene rings is 2. The number of rotatable bonds is 5. The summed E-state index contributed by atoms with van der Waals surface area (Å²) in [6.45, 7) is 1.87. The summed E-state index contributed by atoms with van der Waals surface area (Å²) in [7, 11) is 2.86. The molecule has 0 bridgehead atoms. The molecule has 0 unspecified atom stereocenters.